The molecule has 7 heteroatoms. The zero-order valence-electron chi connectivity index (χ0n) is 20.3. The van der Waals surface area contributed by atoms with Crippen molar-refractivity contribution in [3.05, 3.63) is 0 Å². The SMILES string of the molecule is CCCCNN(NC(C)CC)C(C)(CNC)C(NCC)(NCCC)NC(C)C. The zero-order chi connectivity index (χ0) is 21.6. The van der Waals surface area contributed by atoms with Crippen molar-refractivity contribution in [2.75, 3.05) is 33.2 Å². The molecule has 0 aliphatic heterocycles. The van der Waals surface area contributed by atoms with Gasteiger partial charge in [0.15, 0.2) is 0 Å². The van der Waals surface area contributed by atoms with Gasteiger partial charge >= 0.3 is 0 Å². The Kier molecular flexibility index (Phi) is 14.5. The van der Waals surface area contributed by atoms with E-state index in [9.17, 15) is 0 Å². The number of unbranched alkanes of at least 4 members (excludes halogenated alkanes) is 1. The molecule has 0 radical (unpaired) electrons. The first-order chi connectivity index (χ1) is 13.3. The molecule has 0 saturated heterocycles. The van der Waals surface area contributed by atoms with Crippen molar-refractivity contribution < 1.29 is 0 Å². The molecule has 0 saturated carbocycles. The monoisotopic (exact) mass is 401 g/mol. The van der Waals surface area contributed by atoms with E-state index in [0.717, 1.165) is 45.4 Å². The van der Waals surface area contributed by atoms with E-state index in [1.807, 2.05) is 7.05 Å². The fourth-order valence-corrected chi connectivity index (χ4v) is 3.48. The average Bonchev–Trinajstić information content (AvgIpc) is 2.65. The third-order valence-corrected chi connectivity index (χ3v) is 5.17. The van der Waals surface area contributed by atoms with Crippen LogP contribution >= 0.6 is 0 Å². The highest BCUT2D eigenvalue weighted by molar-refractivity contribution is 5.07. The van der Waals surface area contributed by atoms with Gasteiger partial charge in [-0.05, 0) is 67.1 Å². The highest BCUT2D eigenvalue weighted by Crippen LogP contribution is 2.24. The Morgan fingerprint density at radius 3 is 2.07 bits per heavy atom. The van der Waals surface area contributed by atoms with E-state index in [2.05, 4.69) is 92.6 Å². The minimum Gasteiger partial charge on any atom is -0.318 e. The molecule has 170 valence electrons. The molecule has 0 heterocycles. The lowest BCUT2D eigenvalue weighted by Crippen LogP contribution is -2.86. The van der Waals surface area contributed by atoms with Crippen molar-refractivity contribution in [2.24, 2.45) is 0 Å². The molecule has 28 heavy (non-hydrogen) atoms. The van der Waals surface area contributed by atoms with Gasteiger partial charge in [-0.1, -0.05) is 34.1 Å². The van der Waals surface area contributed by atoms with Crippen LogP contribution < -0.4 is 32.1 Å². The summed E-state index contributed by atoms with van der Waals surface area (Å²) in [6.07, 6.45) is 4.45. The fourth-order valence-electron chi connectivity index (χ4n) is 3.48. The van der Waals surface area contributed by atoms with Gasteiger partial charge in [0.25, 0.3) is 0 Å². The van der Waals surface area contributed by atoms with Crippen molar-refractivity contribution in [1.82, 2.24) is 37.2 Å². The Morgan fingerprint density at radius 2 is 1.61 bits per heavy atom. The number of rotatable bonds is 18. The number of likely N-dealkylation sites (N-methyl/N-ethyl adjacent to an activating group) is 2. The standard InChI is InChI=1S/C21H51N7/c1-10-14-16-25-28(27-19(7)12-3)20(8,17-22-9)21(23-13-4,24-15-11-2)26-18(5)6/h18-19,22-27H,10-17H2,1-9H3. The van der Waals surface area contributed by atoms with Gasteiger partial charge in [0.1, 0.15) is 11.3 Å². The minimum atomic E-state index is -0.478. The van der Waals surface area contributed by atoms with Gasteiger partial charge in [0.2, 0.25) is 0 Å². The quantitative estimate of drug-likeness (QED) is 0.119. The predicted molar refractivity (Wildman–Crippen MR) is 123 cm³/mol. The Labute approximate surface area is 175 Å². The molecule has 0 aliphatic carbocycles. The molecule has 0 amide bonds. The summed E-state index contributed by atoms with van der Waals surface area (Å²) >= 11 is 0. The summed E-state index contributed by atoms with van der Waals surface area (Å²) in [5.41, 5.74) is 7.07. The first-order valence-electron chi connectivity index (χ1n) is 11.5. The highest BCUT2D eigenvalue weighted by atomic mass is 15.8. The highest BCUT2D eigenvalue weighted by Gasteiger charge is 2.52. The first kappa shape index (κ1) is 27.7. The molecule has 0 aromatic heterocycles. The van der Waals surface area contributed by atoms with Crippen molar-refractivity contribution in [2.45, 2.75) is 104 Å². The van der Waals surface area contributed by atoms with Gasteiger partial charge < -0.3 is 5.32 Å². The van der Waals surface area contributed by atoms with E-state index < -0.39 is 5.79 Å². The van der Waals surface area contributed by atoms with Gasteiger partial charge in [0.05, 0.1) is 0 Å². The molecule has 0 aromatic rings. The van der Waals surface area contributed by atoms with Crippen molar-refractivity contribution in [1.29, 1.82) is 0 Å². The van der Waals surface area contributed by atoms with E-state index in [4.69, 9.17) is 0 Å². The second-order valence-corrected chi connectivity index (χ2v) is 8.35. The third-order valence-electron chi connectivity index (χ3n) is 5.17. The van der Waals surface area contributed by atoms with Crippen molar-refractivity contribution in [3.8, 4) is 0 Å². The summed E-state index contributed by atoms with van der Waals surface area (Å²) < 4.78 is 0. The van der Waals surface area contributed by atoms with Gasteiger partial charge in [-0.2, -0.15) is 5.12 Å². The summed E-state index contributed by atoms with van der Waals surface area (Å²) in [5.74, 6) is -0.478. The van der Waals surface area contributed by atoms with Crippen LogP contribution in [0.5, 0.6) is 0 Å². The first-order valence-corrected chi connectivity index (χ1v) is 11.5. The fraction of sp³-hybridized carbons (Fsp3) is 1.00. The van der Waals surface area contributed by atoms with E-state index in [0.29, 0.717) is 12.1 Å². The van der Waals surface area contributed by atoms with Crippen LogP contribution in [0.15, 0.2) is 0 Å². The predicted octanol–water partition coefficient (Wildman–Crippen LogP) is 2.14. The Bertz CT molecular complexity index is 380. The van der Waals surface area contributed by atoms with Gasteiger partial charge in [-0.3, -0.25) is 16.0 Å². The van der Waals surface area contributed by atoms with Crippen molar-refractivity contribution >= 4 is 0 Å². The smallest absolute Gasteiger partial charge is 0.146 e. The summed E-state index contributed by atoms with van der Waals surface area (Å²) in [6, 6.07) is 0.690. The number of hydrogen-bond acceptors (Lipinski definition) is 7. The van der Waals surface area contributed by atoms with Gasteiger partial charge in [-0.15, -0.1) is 0 Å². The second kappa shape index (κ2) is 14.7. The van der Waals surface area contributed by atoms with Crippen LogP contribution in [0.25, 0.3) is 0 Å². The van der Waals surface area contributed by atoms with Crippen LogP contribution in [-0.4, -0.2) is 61.8 Å². The molecule has 3 unspecified atom stereocenters. The Morgan fingerprint density at radius 1 is 0.929 bits per heavy atom. The number of nitrogens with zero attached hydrogens (tertiary/aromatic N) is 1. The molecule has 0 aliphatic rings. The number of hydrogen-bond donors (Lipinski definition) is 6. The third kappa shape index (κ3) is 8.22. The summed E-state index contributed by atoms with van der Waals surface area (Å²) in [6.45, 7) is 21.3. The molecule has 0 fully saturated rings. The maximum absolute atomic E-state index is 3.83. The van der Waals surface area contributed by atoms with Crippen LogP contribution in [-0.2, 0) is 0 Å². The molecular formula is C21H51N7. The molecule has 7 nitrogen and oxygen atoms in total. The topological polar surface area (TPSA) is 75.4 Å². The second-order valence-electron chi connectivity index (χ2n) is 8.35. The molecule has 0 spiro atoms. The van der Waals surface area contributed by atoms with E-state index in [1.165, 1.54) is 6.42 Å². The molecule has 3 atom stereocenters. The lowest BCUT2D eigenvalue weighted by Gasteiger charge is -2.56. The minimum absolute atomic E-state index is 0.320. The molecule has 0 rings (SSSR count). The Balaban J connectivity index is 6.15. The summed E-state index contributed by atoms with van der Waals surface area (Å²) in [7, 11) is 2.03. The molecule has 6 N–H and O–H groups in total. The Hall–Kier alpha value is -0.280. The van der Waals surface area contributed by atoms with Gasteiger partial charge in [0, 0.05) is 25.2 Å². The van der Waals surface area contributed by atoms with Crippen LogP contribution in [0.4, 0.5) is 0 Å². The van der Waals surface area contributed by atoms with Gasteiger partial charge in [-0.25, -0.2) is 10.9 Å². The van der Waals surface area contributed by atoms with Crippen molar-refractivity contribution in [3.63, 3.8) is 0 Å². The summed E-state index contributed by atoms with van der Waals surface area (Å²) in [4.78, 5) is 0. The number of nitrogens with one attached hydrogen (secondary N) is 6. The largest absolute Gasteiger partial charge is 0.318 e. The lowest BCUT2D eigenvalue weighted by atomic mass is 9.90. The van der Waals surface area contributed by atoms with Crippen LogP contribution in [0.3, 0.4) is 0 Å². The normalized spacial score (nSPS) is 17.7. The van der Waals surface area contributed by atoms with Crippen LogP contribution in [0, 0.1) is 0 Å². The number of hydrazine groups is 2. The molecular weight excluding hydrogens is 350 g/mol. The molecule has 0 bridgehead atoms. The van der Waals surface area contributed by atoms with E-state index >= 15 is 0 Å². The average molecular weight is 402 g/mol. The van der Waals surface area contributed by atoms with Crippen LogP contribution in [0.2, 0.25) is 0 Å². The molecule has 0 aromatic carbocycles. The lowest BCUT2D eigenvalue weighted by molar-refractivity contribution is -0.101. The van der Waals surface area contributed by atoms with E-state index in [1.54, 1.807) is 0 Å². The van der Waals surface area contributed by atoms with E-state index in [-0.39, 0.29) is 5.54 Å². The maximum atomic E-state index is 3.83. The maximum Gasteiger partial charge on any atom is 0.146 e. The van der Waals surface area contributed by atoms with Crippen LogP contribution in [0.1, 0.15) is 81.1 Å². The zero-order valence-corrected chi connectivity index (χ0v) is 20.3. The summed E-state index contributed by atoms with van der Waals surface area (Å²) in [5, 5.41) is 17.1.